The van der Waals surface area contributed by atoms with Crippen LogP contribution in [0.3, 0.4) is 0 Å². The molecular weight excluding hydrogens is 204 g/mol. The van der Waals surface area contributed by atoms with Crippen LogP contribution >= 0.6 is 0 Å². The van der Waals surface area contributed by atoms with Crippen molar-refractivity contribution in [1.29, 1.82) is 0 Å². The van der Waals surface area contributed by atoms with E-state index in [1.54, 1.807) is 4.90 Å². The molecule has 0 radical (unpaired) electrons. The summed E-state index contributed by atoms with van der Waals surface area (Å²) in [7, 11) is 3.96. The van der Waals surface area contributed by atoms with Crippen molar-refractivity contribution in [1.82, 2.24) is 14.9 Å². The number of carbonyl (C=O) groups excluding carboxylic acids is 1. The standard InChI is InChI=1S/C11H16N4O/c1-8-12-10-6-15(7-16)5-4-9(10)11(13-8)14(2)3/h7H,4-6H2,1-3H3. The van der Waals surface area contributed by atoms with Crippen LogP contribution in [-0.2, 0) is 17.8 Å². The lowest BCUT2D eigenvalue weighted by molar-refractivity contribution is -0.119. The Morgan fingerprint density at radius 1 is 1.38 bits per heavy atom. The highest BCUT2D eigenvalue weighted by Crippen LogP contribution is 2.24. The molecular formula is C11H16N4O. The summed E-state index contributed by atoms with van der Waals surface area (Å²) >= 11 is 0. The fraction of sp³-hybridized carbons (Fsp3) is 0.545. The molecule has 0 bridgehead atoms. The lowest BCUT2D eigenvalue weighted by Crippen LogP contribution is -2.32. The van der Waals surface area contributed by atoms with E-state index in [2.05, 4.69) is 9.97 Å². The molecule has 1 aliphatic rings. The van der Waals surface area contributed by atoms with Gasteiger partial charge in [-0.15, -0.1) is 0 Å². The molecule has 0 spiro atoms. The van der Waals surface area contributed by atoms with Gasteiger partial charge >= 0.3 is 0 Å². The first kappa shape index (κ1) is 10.9. The van der Waals surface area contributed by atoms with Crippen molar-refractivity contribution in [2.75, 3.05) is 25.5 Å². The molecule has 1 aliphatic heterocycles. The second-order valence-electron chi connectivity index (χ2n) is 4.24. The van der Waals surface area contributed by atoms with E-state index in [4.69, 9.17) is 0 Å². The van der Waals surface area contributed by atoms with Crippen LogP contribution in [0, 0.1) is 6.92 Å². The first-order valence-electron chi connectivity index (χ1n) is 5.35. The Balaban J connectivity index is 2.45. The normalized spacial score (nSPS) is 14.6. The molecule has 0 unspecified atom stereocenters. The molecule has 0 fully saturated rings. The Morgan fingerprint density at radius 2 is 2.12 bits per heavy atom. The SMILES string of the molecule is Cc1nc2c(c(N(C)C)n1)CCN(C=O)C2. The van der Waals surface area contributed by atoms with Gasteiger partial charge in [0.05, 0.1) is 12.2 Å². The average molecular weight is 220 g/mol. The zero-order valence-electron chi connectivity index (χ0n) is 9.90. The van der Waals surface area contributed by atoms with E-state index < -0.39 is 0 Å². The summed E-state index contributed by atoms with van der Waals surface area (Å²) in [5, 5.41) is 0. The molecule has 1 aromatic rings. The minimum Gasteiger partial charge on any atom is -0.362 e. The highest BCUT2D eigenvalue weighted by atomic mass is 16.1. The highest BCUT2D eigenvalue weighted by Gasteiger charge is 2.21. The number of hydrogen-bond donors (Lipinski definition) is 0. The smallest absolute Gasteiger partial charge is 0.210 e. The van der Waals surface area contributed by atoms with E-state index >= 15 is 0 Å². The van der Waals surface area contributed by atoms with Gasteiger partial charge in [0.25, 0.3) is 0 Å². The van der Waals surface area contributed by atoms with Crippen LogP contribution in [-0.4, -0.2) is 41.9 Å². The Hall–Kier alpha value is -1.65. The molecule has 0 aliphatic carbocycles. The number of amides is 1. The van der Waals surface area contributed by atoms with Crippen LogP contribution in [0.5, 0.6) is 0 Å². The second kappa shape index (κ2) is 4.08. The lowest BCUT2D eigenvalue weighted by Gasteiger charge is -2.27. The molecule has 0 saturated heterocycles. The number of fused-ring (bicyclic) bond motifs is 1. The van der Waals surface area contributed by atoms with Crippen molar-refractivity contribution < 1.29 is 4.79 Å². The van der Waals surface area contributed by atoms with Gasteiger partial charge in [-0.25, -0.2) is 9.97 Å². The predicted octanol–water partition coefficient (Wildman–Crippen LogP) is 0.366. The fourth-order valence-corrected chi connectivity index (χ4v) is 2.01. The molecule has 0 aromatic carbocycles. The molecule has 0 saturated carbocycles. The molecule has 1 aromatic heterocycles. The van der Waals surface area contributed by atoms with E-state index in [-0.39, 0.29) is 0 Å². The molecule has 5 heteroatoms. The molecule has 5 nitrogen and oxygen atoms in total. The van der Waals surface area contributed by atoms with E-state index in [1.165, 1.54) is 5.56 Å². The number of aromatic nitrogens is 2. The quantitative estimate of drug-likeness (QED) is 0.675. The zero-order valence-corrected chi connectivity index (χ0v) is 9.90. The monoisotopic (exact) mass is 220 g/mol. The van der Waals surface area contributed by atoms with Crippen LogP contribution in [0.25, 0.3) is 0 Å². The van der Waals surface area contributed by atoms with Gasteiger partial charge in [0, 0.05) is 26.2 Å². The third-order valence-corrected chi connectivity index (χ3v) is 2.76. The van der Waals surface area contributed by atoms with Gasteiger partial charge in [-0.1, -0.05) is 0 Å². The average Bonchev–Trinajstić information content (AvgIpc) is 2.26. The summed E-state index contributed by atoms with van der Waals surface area (Å²) in [5.74, 6) is 1.74. The Labute approximate surface area is 95.1 Å². The Bertz CT molecular complexity index is 417. The van der Waals surface area contributed by atoms with E-state index in [9.17, 15) is 4.79 Å². The number of carbonyl (C=O) groups is 1. The number of hydrogen-bond acceptors (Lipinski definition) is 4. The van der Waals surface area contributed by atoms with Crippen molar-refractivity contribution in [3.8, 4) is 0 Å². The van der Waals surface area contributed by atoms with E-state index in [0.717, 1.165) is 36.7 Å². The van der Waals surface area contributed by atoms with Gasteiger partial charge in [-0.05, 0) is 13.3 Å². The van der Waals surface area contributed by atoms with Gasteiger partial charge < -0.3 is 9.80 Å². The maximum atomic E-state index is 10.7. The highest BCUT2D eigenvalue weighted by molar-refractivity contribution is 5.53. The number of aryl methyl sites for hydroxylation is 1. The largest absolute Gasteiger partial charge is 0.362 e. The van der Waals surface area contributed by atoms with Gasteiger partial charge in [0.1, 0.15) is 11.6 Å². The van der Waals surface area contributed by atoms with Gasteiger partial charge in [-0.3, -0.25) is 4.79 Å². The van der Waals surface area contributed by atoms with Crippen LogP contribution in [0.2, 0.25) is 0 Å². The van der Waals surface area contributed by atoms with Gasteiger partial charge in [-0.2, -0.15) is 0 Å². The van der Waals surface area contributed by atoms with Crippen LogP contribution in [0.4, 0.5) is 5.82 Å². The lowest BCUT2D eigenvalue weighted by atomic mass is 10.1. The second-order valence-corrected chi connectivity index (χ2v) is 4.24. The molecule has 0 atom stereocenters. The van der Waals surface area contributed by atoms with Gasteiger partial charge in [0.15, 0.2) is 0 Å². The molecule has 0 N–H and O–H groups in total. The Kier molecular flexibility index (Phi) is 2.77. The predicted molar refractivity (Wildman–Crippen MR) is 61.3 cm³/mol. The summed E-state index contributed by atoms with van der Waals surface area (Å²) in [6, 6.07) is 0. The maximum absolute atomic E-state index is 10.7. The molecule has 86 valence electrons. The summed E-state index contributed by atoms with van der Waals surface area (Å²) in [4.78, 5) is 23.4. The fourth-order valence-electron chi connectivity index (χ4n) is 2.01. The first-order valence-corrected chi connectivity index (χ1v) is 5.35. The number of anilines is 1. The van der Waals surface area contributed by atoms with Crippen molar-refractivity contribution in [3.05, 3.63) is 17.1 Å². The van der Waals surface area contributed by atoms with Crippen molar-refractivity contribution in [3.63, 3.8) is 0 Å². The topological polar surface area (TPSA) is 49.3 Å². The maximum Gasteiger partial charge on any atom is 0.210 e. The summed E-state index contributed by atoms with van der Waals surface area (Å²) in [5.41, 5.74) is 2.16. The van der Waals surface area contributed by atoms with Crippen LogP contribution < -0.4 is 4.90 Å². The summed E-state index contributed by atoms with van der Waals surface area (Å²) < 4.78 is 0. The first-order chi connectivity index (χ1) is 7.61. The van der Waals surface area contributed by atoms with Crippen LogP contribution in [0.1, 0.15) is 17.1 Å². The minimum absolute atomic E-state index is 0.600. The van der Waals surface area contributed by atoms with Crippen molar-refractivity contribution in [2.45, 2.75) is 19.9 Å². The molecule has 2 heterocycles. The molecule has 2 rings (SSSR count). The Morgan fingerprint density at radius 3 is 2.75 bits per heavy atom. The third-order valence-electron chi connectivity index (χ3n) is 2.76. The third kappa shape index (κ3) is 1.85. The van der Waals surface area contributed by atoms with E-state index in [1.807, 2.05) is 25.9 Å². The molecule has 16 heavy (non-hydrogen) atoms. The number of nitrogens with zero attached hydrogens (tertiary/aromatic N) is 4. The number of rotatable bonds is 2. The zero-order chi connectivity index (χ0) is 11.7. The van der Waals surface area contributed by atoms with Crippen molar-refractivity contribution in [2.24, 2.45) is 0 Å². The van der Waals surface area contributed by atoms with Crippen LogP contribution in [0.15, 0.2) is 0 Å². The summed E-state index contributed by atoms with van der Waals surface area (Å²) in [6.07, 6.45) is 1.72. The van der Waals surface area contributed by atoms with Crippen molar-refractivity contribution >= 4 is 12.2 Å². The molecule has 1 amide bonds. The van der Waals surface area contributed by atoms with Gasteiger partial charge in [0.2, 0.25) is 6.41 Å². The summed E-state index contributed by atoms with van der Waals surface area (Å²) in [6.45, 7) is 3.24. The van der Waals surface area contributed by atoms with E-state index in [0.29, 0.717) is 6.54 Å². The minimum atomic E-state index is 0.600.